The molecule has 1 aromatic rings. The van der Waals surface area contributed by atoms with Crippen LogP contribution in [0, 0.1) is 11.3 Å². The van der Waals surface area contributed by atoms with E-state index >= 15 is 0 Å². The fraction of sp³-hybridized carbons (Fsp3) is 0.571. The Balaban J connectivity index is 1.85. The van der Waals surface area contributed by atoms with Crippen molar-refractivity contribution in [2.24, 2.45) is 0 Å². The summed E-state index contributed by atoms with van der Waals surface area (Å²) in [5, 5.41) is 9.09. The Bertz CT molecular complexity index is 449. The third-order valence-corrected chi connectivity index (χ3v) is 3.98. The van der Waals surface area contributed by atoms with E-state index in [1.54, 1.807) is 6.20 Å². The first-order valence-corrected chi connectivity index (χ1v) is 7.47. The summed E-state index contributed by atoms with van der Waals surface area (Å²) >= 11 is 3.45. The summed E-state index contributed by atoms with van der Waals surface area (Å²) in [4.78, 5) is 8.90. The van der Waals surface area contributed by atoms with Gasteiger partial charge in [0, 0.05) is 49.6 Å². The standard InChI is InChI=1S/C14H19BrN4/c1-2-14(8-16)19-5-3-18(4-6-19)11-12-7-13(15)10-17-9-12/h7,9-10,14H,2-6,11H2,1H3. The van der Waals surface area contributed by atoms with Crippen LogP contribution in [0.1, 0.15) is 18.9 Å². The number of nitriles is 1. The van der Waals surface area contributed by atoms with Gasteiger partial charge in [0.05, 0.1) is 12.1 Å². The molecule has 0 aliphatic carbocycles. The second-order valence-corrected chi connectivity index (χ2v) is 5.79. The van der Waals surface area contributed by atoms with Crippen LogP contribution in [0.3, 0.4) is 0 Å². The topological polar surface area (TPSA) is 43.2 Å². The zero-order valence-electron chi connectivity index (χ0n) is 11.2. The summed E-state index contributed by atoms with van der Waals surface area (Å²) < 4.78 is 1.03. The van der Waals surface area contributed by atoms with Crippen molar-refractivity contribution >= 4 is 15.9 Å². The van der Waals surface area contributed by atoms with Crippen molar-refractivity contribution in [2.75, 3.05) is 26.2 Å². The molecule has 1 aliphatic heterocycles. The van der Waals surface area contributed by atoms with Gasteiger partial charge in [0.2, 0.25) is 0 Å². The van der Waals surface area contributed by atoms with E-state index < -0.39 is 0 Å². The lowest BCUT2D eigenvalue weighted by Gasteiger charge is -2.36. The smallest absolute Gasteiger partial charge is 0.0976 e. The number of pyridine rings is 1. The van der Waals surface area contributed by atoms with Crippen LogP contribution in [0.4, 0.5) is 0 Å². The van der Waals surface area contributed by atoms with Crippen molar-refractivity contribution in [3.05, 3.63) is 28.5 Å². The van der Waals surface area contributed by atoms with Crippen LogP contribution in [0.25, 0.3) is 0 Å². The summed E-state index contributed by atoms with van der Waals surface area (Å²) in [6, 6.07) is 4.58. The Morgan fingerprint density at radius 3 is 2.68 bits per heavy atom. The van der Waals surface area contributed by atoms with Gasteiger partial charge in [-0.2, -0.15) is 5.26 Å². The van der Waals surface area contributed by atoms with Crippen molar-refractivity contribution in [1.82, 2.24) is 14.8 Å². The second kappa shape index (κ2) is 6.99. The molecule has 0 saturated carbocycles. The van der Waals surface area contributed by atoms with Gasteiger partial charge in [-0.3, -0.25) is 14.8 Å². The monoisotopic (exact) mass is 322 g/mol. The van der Waals surface area contributed by atoms with Crippen molar-refractivity contribution in [2.45, 2.75) is 25.9 Å². The summed E-state index contributed by atoms with van der Waals surface area (Å²) in [6.07, 6.45) is 4.63. The molecule has 0 spiro atoms. The molecular weight excluding hydrogens is 304 g/mol. The van der Waals surface area contributed by atoms with Gasteiger partial charge in [-0.15, -0.1) is 0 Å². The molecule has 102 valence electrons. The minimum absolute atomic E-state index is 0.0784. The molecule has 1 fully saturated rings. The maximum Gasteiger partial charge on any atom is 0.0976 e. The summed E-state index contributed by atoms with van der Waals surface area (Å²) in [5.41, 5.74) is 1.23. The van der Waals surface area contributed by atoms with E-state index in [2.05, 4.69) is 49.8 Å². The van der Waals surface area contributed by atoms with E-state index in [0.29, 0.717) is 0 Å². The highest BCUT2D eigenvalue weighted by molar-refractivity contribution is 9.10. The van der Waals surface area contributed by atoms with Gasteiger partial charge in [-0.1, -0.05) is 6.92 Å². The highest BCUT2D eigenvalue weighted by Crippen LogP contribution is 2.14. The predicted octanol–water partition coefficient (Wildman–Crippen LogP) is 2.26. The Morgan fingerprint density at radius 1 is 1.37 bits per heavy atom. The molecule has 2 rings (SSSR count). The van der Waals surface area contributed by atoms with Gasteiger partial charge in [0.25, 0.3) is 0 Å². The molecule has 0 radical (unpaired) electrons. The molecule has 5 heteroatoms. The molecule has 1 aromatic heterocycles. The molecule has 1 unspecified atom stereocenters. The number of hydrogen-bond donors (Lipinski definition) is 0. The first kappa shape index (κ1) is 14.4. The number of halogens is 1. The predicted molar refractivity (Wildman–Crippen MR) is 78.5 cm³/mol. The highest BCUT2D eigenvalue weighted by atomic mass is 79.9. The highest BCUT2D eigenvalue weighted by Gasteiger charge is 2.22. The van der Waals surface area contributed by atoms with Crippen molar-refractivity contribution in [3.8, 4) is 6.07 Å². The van der Waals surface area contributed by atoms with Gasteiger partial charge < -0.3 is 0 Å². The van der Waals surface area contributed by atoms with E-state index in [-0.39, 0.29) is 6.04 Å². The molecule has 0 N–H and O–H groups in total. The number of nitrogens with zero attached hydrogens (tertiary/aromatic N) is 4. The zero-order valence-corrected chi connectivity index (χ0v) is 12.8. The van der Waals surface area contributed by atoms with E-state index in [1.807, 2.05) is 6.20 Å². The van der Waals surface area contributed by atoms with Gasteiger partial charge >= 0.3 is 0 Å². The molecule has 4 nitrogen and oxygen atoms in total. The van der Waals surface area contributed by atoms with Crippen molar-refractivity contribution < 1.29 is 0 Å². The number of hydrogen-bond acceptors (Lipinski definition) is 4. The molecule has 1 aliphatic rings. The third-order valence-electron chi connectivity index (χ3n) is 3.55. The summed E-state index contributed by atoms with van der Waals surface area (Å²) in [7, 11) is 0. The van der Waals surface area contributed by atoms with Crippen LogP contribution in [0.15, 0.2) is 22.9 Å². The fourth-order valence-electron chi connectivity index (χ4n) is 2.46. The Morgan fingerprint density at radius 2 is 2.11 bits per heavy atom. The maximum absolute atomic E-state index is 9.09. The lowest BCUT2D eigenvalue weighted by Crippen LogP contribution is -2.49. The SMILES string of the molecule is CCC(C#N)N1CCN(Cc2cncc(Br)c2)CC1. The van der Waals surface area contributed by atoms with E-state index in [9.17, 15) is 0 Å². The van der Waals surface area contributed by atoms with E-state index in [1.165, 1.54) is 5.56 Å². The Labute approximate surface area is 123 Å². The normalized spacial score (nSPS) is 19.0. The van der Waals surface area contributed by atoms with Crippen molar-refractivity contribution in [3.63, 3.8) is 0 Å². The lowest BCUT2D eigenvalue weighted by atomic mass is 10.1. The van der Waals surface area contributed by atoms with Crippen LogP contribution in [0.2, 0.25) is 0 Å². The Kier molecular flexibility index (Phi) is 5.32. The minimum Gasteiger partial charge on any atom is -0.296 e. The molecule has 0 aromatic carbocycles. The first-order valence-electron chi connectivity index (χ1n) is 6.68. The van der Waals surface area contributed by atoms with Crippen LogP contribution < -0.4 is 0 Å². The number of rotatable bonds is 4. The quantitative estimate of drug-likeness (QED) is 0.852. The average Bonchev–Trinajstić information content (AvgIpc) is 2.42. The molecule has 19 heavy (non-hydrogen) atoms. The summed E-state index contributed by atoms with van der Waals surface area (Å²) in [5.74, 6) is 0. The van der Waals surface area contributed by atoms with Gasteiger partial charge in [-0.05, 0) is 34.0 Å². The number of piperazine rings is 1. The van der Waals surface area contributed by atoms with E-state index in [4.69, 9.17) is 5.26 Å². The van der Waals surface area contributed by atoms with Crippen molar-refractivity contribution in [1.29, 1.82) is 5.26 Å². The van der Waals surface area contributed by atoms with Gasteiger partial charge in [-0.25, -0.2) is 0 Å². The van der Waals surface area contributed by atoms with Crippen LogP contribution in [-0.2, 0) is 6.54 Å². The average molecular weight is 323 g/mol. The van der Waals surface area contributed by atoms with Gasteiger partial charge in [0.1, 0.15) is 0 Å². The second-order valence-electron chi connectivity index (χ2n) is 4.88. The molecule has 1 atom stereocenters. The third kappa shape index (κ3) is 4.00. The van der Waals surface area contributed by atoms with E-state index in [0.717, 1.165) is 43.6 Å². The number of aromatic nitrogens is 1. The first-order chi connectivity index (χ1) is 9.22. The Hall–Kier alpha value is -0.960. The summed E-state index contributed by atoms with van der Waals surface area (Å²) in [6.45, 7) is 7.01. The fourth-order valence-corrected chi connectivity index (χ4v) is 2.88. The molecule has 2 heterocycles. The zero-order chi connectivity index (χ0) is 13.7. The largest absolute Gasteiger partial charge is 0.296 e. The maximum atomic E-state index is 9.09. The minimum atomic E-state index is 0.0784. The molecular formula is C14H19BrN4. The molecule has 0 amide bonds. The van der Waals surface area contributed by atoms with Crippen LogP contribution in [-0.4, -0.2) is 47.0 Å². The molecule has 0 bridgehead atoms. The molecule has 1 saturated heterocycles. The van der Waals surface area contributed by atoms with Crippen LogP contribution in [0.5, 0.6) is 0 Å². The van der Waals surface area contributed by atoms with Crippen LogP contribution >= 0.6 is 15.9 Å². The van der Waals surface area contributed by atoms with Gasteiger partial charge in [0.15, 0.2) is 0 Å². The lowest BCUT2D eigenvalue weighted by molar-refractivity contribution is 0.108.